The molecule has 1 rings (SSSR count). The van der Waals surface area contributed by atoms with Crippen LogP contribution in [0.4, 0.5) is 8.78 Å². The summed E-state index contributed by atoms with van der Waals surface area (Å²) in [5.41, 5.74) is 0.227. The maximum absolute atomic E-state index is 13.1. The number of hydrogen-bond donors (Lipinski definition) is 0. The summed E-state index contributed by atoms with van der Waals surface area (Å²) in [7, 11) is 0. The molecule has 0 aliphatic heterocycles. The van der Waals surface area contributed by atoms with Gasteiger partial charge in [0.15, 0.2) is 0 Å². The van der Waals surface area contributed by atoms with E-state index in [0.29, 0.717) is 0 Å². The number of rotatable bonds is 2. The van der Waals surface area contributed by atoms with Crippen molar-refractivity contribution >= 4 is 11.6 Å². The Morgan fingerprint density at radius 2 is 2.17 bits per heavy atom. The van der Waals surface area contributed by atoms with Gasteiger partial charge in [0.2, 0.25) is 0 Å². The summed E-state index contributed by atoms with van der Waals surface area (Å²) in [5.74, 6) is -1.25. The molecule has 3 heteroatoms. The van der Waals surface area contributed by atoms with E-state index in [-0.39, 0.29) is 10.6 Å². The molecule has 1 aromatic carbocycles. The summed E-state index contributed by atoms with van der Waals surface area (Å²) in [6.45, 7) is 2.77. The molecule has 0 amide bonds. The number of benzene rings is 1. The zero-order valence-electron chi connectivity index (χ0n) is 6.36. The second-order valence-electron chi connectivity index (χ2n) is 2.49. The Labute approximate surface area is 75.2 Å². The molecule has 0 nitrogen and oxygen atoms in total. The molecular weight excluding hydrogens is 182 g/mol. The summed E-state index contributed by atoms with van der Waals surface area (Å²) >= 11 is 5.49. The lowest BCUT2D eigenvalue weighted by atomic mass is 10.0. The normalized spacial score (nSPS) is 13.0. The number of hydrogen-bond acceptors (Lipinski definition) is 0. The molecule has 1 aromatic rings. The van der Waals surface area contributed by atoms with Gasteiger partial charge in [0.05, 0.1) is 11.7 Å². The van der Waals surface area contributed by atoms with E-state index >= 15 is 0 Å². The van der Waals surface area contributed by atoms with Crippen molar-refractivity contribution in [1.82, 2.24) is 0 Å². The fourth-order valence-corrected chi connectivity index (χ4v) is 1.10. The highest BCUT2D eigenvalue weighted by Crippen LogP contribution is 2.24. The lowest BCUT2D eigenvalue weighted by Gasteiger charge is -2.08. The third-order valence-corrected chi connectivity index (χ3v) is 1.90. The molecule has 1 radical (unpaired) electrons. The molecule has 1 unspecified atom stereocenters. The molecule has 0 saturated heterocycles. The van der Waals surface area contributed by atoms with Crippen LogP contribution in [0.3, 0.4) is 0 Å². The molecule has 0 aromatic heterocycles. The van der Waals surface area contributed by atoms with E-state index in [2.05, 4.69) is 6.92 Å². The average molecular weight is 190 g/mol. The summed E-state index contributed by atoms with van der Waals surface area (Å²) in [5, 5.41) is 0.00889. The van der Waals surface area contributed by atoms with Crippen LogP contribution in [0.5, 0.6) is 0 Å². The second kappa shape index (κ2) is 3.85. The van der Waals surface area contributed by atoms with Crippen LogP contribution in [-0.4, -0.2) is 6.67 Å². The third-order valence-electron chi connectivity index (χ3n) is 1.61. The zero-order valence-corrected chi connectivity index (χ0v) is 7.11. The Morgan fingerprint density at radius 3 is 2.75 bits per heavy atom. The van der Waals surface area contributed by atoms with Crippen molar-refractivity contribution in [3.05, 3.63) is 41.5 Å². The van der Waals surface area contributed by atoms with Gasteiger partial charge in [-0.1, -0.05) is 23.7 Å². The highest BCUT2D eigenvalue weighted by atomic mass is 35.5. The third kappa shape index (κ3) is 1.75. The van der Waals surface area contributed by atoms with Crippen molar-refractivity contribution in [2.24, 2.45) is 0 Å². The first-order chi connectivity index (χ1) is 5.66. The van der Waals surface area contributed by atoms with Crippen LogP contribution in [0.25, 0.3) is 0 Å². The van der Waals surface area contributed by atoms with E-state index in [1.54, 1.807) is 6.07 Å². The van der Waals surface area contributed by atoms with Gasteiger partial charge in [0, 0.05) is 5.92 Å². The summed E-state index contributed by atoms with van der Waals surface area (Å²) in [6.07, 6.45) is 0. The van der Waals surface area contributed by atoms with Gasteiger partial charge in [0.25, 0.3) is 0 Å². The first kappa shape index (κ1) is 9.46. The molecule has 0 aliphatic carbocycles. The number of halogens is 3. The van der Waals surface area contributed by atoms with E-state index in [1.807, 2.05) is 0 Å². The first-order valence-electron chi connectivity index (χ1n) is 3.49. The fraction of sp³-hybridized carbons (Fsp3) is 0.222. The van der Waals surface area contributed by atoms with E-state index in [4.69, 9.17) is 11.6 Å². The largest absolute Gasteiger partial charge is 0.250 e. The Kier molecular flexibility index (Phi) is 3.04. The van der Waals surface area contributed by atoms with E-state index < -0.39 is 18.4 Å². The van der Waals surface area contributed by atoms with Crippen molar-refractivity contribution in [3.63, 3.8) is 0 Å². The highest BCUT2D eigenvalue weighted by Gasteiger charge is 2.12. The molecule has 0 bridgehead atoms. The maximum atomic E-state index is 13.1. The minimum Gasteiger partial charge on any atom is -0.250 e. The Morgan fingerprint density at radius 1 is 1.50 bits per heavy atom. The molecule has 65 valence electrons. The van der Waals surface area contributed by atoms with Gasteiger partial charge >= 0.3 is 0 Å². The molecule has 0 spiro atoms. The van der Waals surface area contributed by atoms with Crippen molar-refractivity contribution in [1.29, 1.82) is 0 Å². The average Bonchev–Trinajstić information content (AvgIpc) is 2.08. The summed E-state index contributed by atoms with van der Waals surface area (Å²) in [4.78, 5) is 0. The Bertz CT molecular complexity index is 273. The summed E-state index contributed by atoms with van der Waals surface area (Å²) in [6, 6.07) is 4.48. The van der Waals surface area contributed by atoms with Crippen LogP contribution in [-0.2, 0) is 0 Å². The van der Waals surface area contributed by atoms with E-state index in [1.165, 1.54) is 12.1 Å². The van der Waals surface area contributed by atoms with Gasteiger partial charge in [0.1, 0.15) is 5.82 Å². The van der Waals surface area contributed by atoms with Crippen LogP contribution in [0.15, 0.2) is 18.2 Å². The number of alkyl halides is 1. The van der Waals surface area contributed by atoms with Gasteiger partial charge in [-0.3, -0.25) is 4.39 Å². The van der Waals surface area contributed by atoms with Gasteiger partial charge in [-0.05, 0) is 18.6 Å². The first-order valence-corrected chi connectivity index (χ1v) is 3.87. The Balaban J connectivity index is 3.07. The molecule has 12 heavy (non-hydrogen) atoms. The van der Waals surface area contributed by atoms with Crippen molar-refractivity contribution in [2.75, 3.05) is 6.67 Å². The molecule has 0 fully saturated rings. The standard InChI is InChI=1S/C9H8ClF2/c1-6(5-11)7-3-2-4-8(10)9(7)12/h2-4,6H,1,5H2. The molecule has 0 saturated carbocycles. The van der Waals surface area contributed by atoms with Crippen molar-refractivity contribution in [3.8, 4) is 0 Å². The fourth-order valence-electron chi connectivity index (χ4n) is 0.919. The van der Waals surface area contributed by atoms with Gasteiger partial charge in [-0.2, -0.15) is 0 Å². The van der Waals surface area contributed by atoms with Crippen LogP contribution in [0, 0.1) is 12.7 Å². The quantitative estimate of drug-likeness (QED) is 0.669. The van der Waals surface area contributed by atoms with Gasteiger partial charge < -0.3 is 0 Å². The molecule has 0 N–H and O–H groups in total. The van der Waals surface area contributed by atoms with E-state index in [9.17, 15) is 8.78 Å². The minimum absolute atomic E-state index is 0.00889. The summed E-state index contributed by atoms with van der Waals surface area (Å²) < 4.78 is 25.2. The van der Waals surface area contributed by atoms with Crippen molar-refractivity contribution < 1.29 is 8.78 Å². The van der Waals surface area contributed by atoms with Crippen LogP contribution >= 0.6 is 11.6 Å². The predicted octanol–water partition coefficient (Wildman–Crippen LogP) is 3.37. The topological polar surface area (TPSA) is 0 Å². The van der Waals surface area contributed by atoms with Crippen LogP contribution in [0.1, 0.15) is 11.5 Å². The van der Waals surface area contributed by atoms with Crippen LogP contribution in [0.2, 0.25) is 5.02 Å². The highest BCUT2D eigenvalue weighted by molar-refractivity contribution is 6.30. The molecule has 1 atom stereocenters. The lowest BCUT2D eigenvalue weighted by Crippen LogP contribution is -1.99. The lowest BCUT2D eigenvalue weighted by molar-refractivity contribution is 0.455. The SMILES string of the molecule is [CH2]C(CF)c1cccc(Cl)c1F. The monoisotopic (exact) mass is 189 g/mol. The maximum Gasteiger partial charge on any atom is 0.145 e. The predicted molar refractivity (Wildman–Crippen MR) is 45.5 cm³/mol. The Hall–Kier alpha value is -0.630. The van der Waals surface area contributed by atoms with E-state index in [0.717, 1.165) is 0 Å². The smallest absolute Gasteiger partial charge is 0.145 e. The zero-order chi connectivity index (χ0) is 9.14. The molecular formula is C9H8ClF2. The van der Waals surface area contributed by atoms with Gasteiger partial charge in [-0.25, -0.2) is 4.39 Å². The van der Waals surface area contributed by atoms with Gasteiger partial charge in [-0.15, -0.1) is 0 Å². The van der Waals surface area contributed by atoms with Crippen molar-refractivity contribution in [2.45, 2.75) is 5.92 Å². The molecule has 0 aliphatic rings. The second-order valence-corrected chi connectivity index (χ2v) is 2.90. The minimum atomic E-state index is -0.683. The van der Waals surface area contributed by atoms with Crippen LogP contribution < -0.4 is 0 Å². The molecule has 0 heterocycles.